The van der Waals surface area contributed by atoms with Gasteiger partial charge in [0.15, 0.2) is 0 Å². The van der Waals surface area contributed by atoms with E-state index in [0.717, 1.165) is 34.0 Å². The molecule has 7 nitrogen and oxygen atoms in total. The van der Waals surface area contributed by atoms with Crippen LogP contribution in [-0.2, 0) is 4.79 Å². The Morgan fingerprint density at radius 3 is 2.52 bits per heavy atom. The minimum Gasteiger partial charge on any atom is -0.496 e. The highest BCUT2D eigenvalue weighted by Crippen LogP contribution is 2.48. The van der Waals surface area contributed by atoms with E-state index in [0.29, 0.717) is 11.8 Å². The molecule has 1 amide bonds. The van der Waals surface area contributed by atoms with Crippen LogP contribution in [0.5, 0.6) is 5.75 Å². The molecule has 3 aromatic rings. The summed E-state index contributed by atoms with van der Waals surface area (Å²) in [6, 6.07) is 9.81. The van der Waals surface area contributed by atoms with E-state index in [1.807, 2.05) is 58.0 Å². The van der Waals surface area contributed by atoms with Crippen molar-refractivity contribution in [1.29, 1.82) is 0 Å². The molecule has 2 unspecified atom stereocenters. The highest BCUT2D eigenvalue weighted by Gasteiger charge is 2.35. The van der Waals surface area contributed by atoms with Gasteiger partial charge >= 0.3 is 0 Å². The number of benzene rings is 1. The molecule has 0 saturated heterocycles. The number of hydrogen-bond donors (Lipinski definition) is 1. The first kappa shape index (κ1) is 19.4. The second-order valence-corrected chi connectivity index (χ2v) is 8.55. The van der Waals surface area contributed by atoms with Gasteiger partial charge in [0, 0.05) is 22.5 Å². The van der Waals surface area contributed by atoms with Gasteiger partial charge in [0.1, 0.15) is 11.6 Å². The predicted octanol–water partition coefficient (Wildman–Crippen LogP) is 3.76. The van der Waals surface area contributed by atoms with E-state index in [4.69, 9.17) is 9.84 Å². The number of carbonyl (C=O) groups excluding carboxylic acids is 1. The predicted molar refractivity (Wildman–Crippen MR) is 114 cm³/mol. The second-order valence-electron chi connectivity index (χ2n) is 7.10. The number of amides is 1. The van der Waals surface area contributed by atoms with E-state index in [1.165, 1.54) is 0 Å². The van der Waals surface area contributed by atoms with Crippen LogP contribution >= 0.6 is 11.8 Å². The Labute approximate surface area is 173 Å². The van der Waals surface area contributed by atoms with Crippen molar-refractivity contribution in [3.05, 3.63) is 58.5 Å². The number of anilines is 1. The molecule has 2 aromatic heterocycles. The average Bonchev–Trinajstić information content (AvgIpc) is 2.93. The molecule has 2 atom stereocenters. The molecule has 0 aliphatic carbocycles. The fraction of sp³-hybridized carbons (Fsp3) is 0.333. The lowest BCUT2D eigenvalue weighted by molar-refractivity contribution is -0.115. The number of nitrogens with one attached hydrogen (secondary N) is 1. The van der Waals surface area contributed by atoms with Crippen LogP contribution in [0.2, 0.25) is 0 Å². The van der Waals surface area contributed by atoms with Crippen LogP contribution in [0.1, 0.15) is 40.4 Å². The number of fused-ring (bicyclic) bond motifs is 1. The van der Waals surface area contributed by atoms with Gasteiger partial charge in [-0.3, -0.25) is 4.79 Å². The fourth-order valence-corrected chi connectivity index (χ4v) is 4.93. The van der Waals surface area contributed by atoms with Crippen molar-refractivity contribution in [2.24, 2.45) is 0 Å². The molecule has 150 valence electrons. The van der Waals surface area contributed by atoms with Crippen molar-refractivity contribution in [3.63, 3.8) is 0 Å². The third-order valence-electron chi connectivity index (χ3n) is 4.90. The molecule has 0 saturated carbocycles. The normalized spacial score (nSPS) is 18.7. The molecule has 1 N–H and O–H groups in total. The first-order valence-electron chi connectivity index (χ1n) is 9.40. The summed E-state index contributed by atoms with van der Waals surface area (Å²) in [5, 5.41) is 7.39. The van der Waals surface area contributed by atoms with Crippen molar-refractivity contribution >= 4 is 23.5 Å². The van der Waals surface area contributed by atoms with Crippen LogP contribution < -0.4 is 10.1 Å². The van der Waals surface area contributed by atoms with Gasteiger partial charge in [0.05, 0.1) is 23.3 Å². The SMILES string of the molecule is COc1ccccc1C1SC(C)C(=O)Nc2c1c(C)nn2-c1nc(C)cc(C)n1. The van der Waals surface area contributed by atoms with Gasteiger partial charge in [-0.15, -0.1) is 11.8 Å². The van der Waals surface area contributed by atoms with Crippen LogP contribution in [0.4, 0.5) is 5.82 Å². The fourth-order valence-electron chi connectivity index (χ4n) is 3.58. The lowest BCUT2D eigenvalue weighted by atomic mass is 10.0. The zero-order chi connectivity index (χ0) is 20.7. The van der Waals surface area contributed by atoms with Crippen LogP contribution in [0, 0.1) is 20.8 Å². The highest BCUT2D eigenvalue weighted by molar-refractivity contribution is 8.01. The van der Waals surface area contributed by atoms with Crippen LogP contribution in [-0.4, -0.2) is 38.0 Å². The number of carbonyl (C=O) groups is 1. The number of para-hydroxylation sites is 1. The monoisotopic (exact) mass is 409 g/mol. The van der Waals surface area contributed by atoms with E-state index in [-0.39, 0.29) is 16.4 Å². The molecular weight excluding hydrogens is 386 g/mol. The van der Waals surface area contributed by atoms with Crippen molar-refractivity contribution < 1.29 is 9.53 Å². The lowest BCUT2D eigenvalue weighted by Gasteiger charge is -2.19. The van der Waals surface area contributed by atoms with Crippen molar-refractivity contribution in [3.8, 4) is 11.7 Å². The molecule has 29 heavy (non-hydrogen) atoms. The molecule has 4 rings (SSSR count). The number of rotatable bonds is 3. The van der Waals surface area contributed by atoms with Gasteiger partial charge in [-0.2, -0.15) is 9.78 Å². The van der Waals surface area contributed by atoms with Crippen LogP contribution in [0.3, 0.4) is 0 Å². The highest BCUT2D eigenvalue weighted by atomic mass is 32.2. The third-order valence-corrected chi connectivity index (χ3v) is 6.29. The zero-order valence-corrected chi connectivity index (χ0v) is 17.9. The van der Waals surface area contributed by atoms with E-state index in [2.05, 4.69) is 15.3 Å². The Balaban J connectivity index is 1.95. The minimum absolute atomic E-state index is 0.0702. The molecule has 1 aromatic carbocycles. The third kappa shape index (κ3) is 3.48. The van der Waals surface area contributed by atoms with Gasteiger partial charge in [0.2, 0.25) is 5.91 Å². The summed E-state index contributed by atoms with van der Waals surface area (Å²) in [5.74, 6) is 1.78. The summed E-state index contributed by atoms with van der Waals surface area (Å²) in [4.78, 5) is 21.9. The molecule has 1 aliphatic heterocycles. The molecule has 0 fully saturated rings. The van der Waals surface area contributed by atoms with Crippen molar-refractivity contribution in [2.45, 2.75) is 38.2 Å². The first-order valence-corrected chi connectivity index (χ1v) is 10.3. The zero-order valence-electron chi connectivity index (χ0n) is 17.1. The average molecular weight is 410 g/mol. The Morgan fingerprint density at radius 2 is 1.83 bits per heavy atom. The smallest absolute Gasteiger partial charge is 0.252 e. The van der Waals surface area contributed by atoms with Crippen LogP contribution in [0.15, 0.2) is 30.3 Å². The van der Waals surface area contributed by atoms with Gasteiger partial charge in [-0.25, -0.2) is 9.97 Å². The van der Waals surface area contributed by atoms with Crippen molar-refractivity contribution in [1.82, 2.24) is 19.7 Å². The van der Waals surface area contributed by atoms with E-state index < -0.39 is 0 Å². The summed E-state index contributed by atoms with van der Waals surface area (Å²) in [5.41, 5.74) is 4.46. The minimum atomic E-state index is -0.245. The molecule has 3 heterocycles. The standard InChI is InChI=1S/C21H23N5O2S/c1-11-10-12(2)23-21(22-11)26-19-17(13(3)25-26)18(29-14(4)20(27)24-19)15-8-6-7-9-16(15)28-5/h6-10,14,18H,1-5H3,(H,24,27). The maximum absolute atomic E-state index is 12.8. The number of ether oxygens (including phenoxy) is 1. The largest absolute Gasteiger partial charge is 0.496 e. The molecule has 1 aliphatic rings. The molecule has 0 bridgehead atoms. The van der Waals surface area contributed by atoms with E-state index in [1.54, 1.807) is 23.6 Å². The maximum atomic E-state index is 12.8. The summed E-state index contributed by atoms with van der Waals surface area (Å²) in [6.45, 7) is 7.69. The summed E-state index contributed by atoms with van der Waals surface area (Å²) < 4.78 is 7.25. The van der Waals surface area contributed by atoms with E-state index in [9.17, 15) is 4.79 Å². The van der Waals surface area contributed by atoms with E-state index >= 15 is 0 Å². The number of methoxy groups -OCH3 is 1. The number of nitrogens with zero attached hydrogens (tertiary/aromatic N) is 4. The quantitative estimate of drug-likeness (QED) is 0.709. The van der Waals surface area contributed by atoms with Crippen LogP contribution in [0.25, 0.3) is 5.95 Å². The van der Waals surface area contributed by atoms with Gasteiger partial charge in [-0.05, 0) is 39.8 Å². The van der Waals surface area contributed by atoms with Gasteiger partial charge in [-0.1, -0.05) is 18.2 Å². The Kier molecular flexibility index (Phi) is 5.04. The lowest BCUT2D eigenvalue weighted by Crippen LogP contribution is -2.23. The summed E-state index contributed by atoms with van der Waals surface area (Å²) in [7, 11) is 1.66. The summed E-state index contributed by atoms with van der Waals surface area (Å²) in [6.07, 6.45) is 0. The first-order chi connectivity index (χ1) is 13.9. The van der Waals surface area contributed by atoms with Gasteiger partial charge in [0.25, 0.3) is 5.95 Å². The van der Waals surface area contributed by atoms with Gasteiger partial charge < -0.3 is 10.1 Å². The Morgan fingerprint density at radius 1 is 1.14 bits per heavy atom. The topological polar surface area (TPSA) is 81.9 Å². The molecular formula is C21H23N5O2S. The van der Waals surface area contributed by atoms with Crippen molar-refractivity contribution in [2.75, 3.05) is 12.4 Å². The molecule has 8 heteroatoms. The molecule has 0 spiro atoms. The Bertz CT molecular complexity index is 1070. The number of hydrogen-bond acceptors (Lipinski definition) is 6. The summed E-state index contributed by atoms with van der Waals surface area (Å²) >= 11 is 1.58. The molecule has 0 radical (unpaired) electrons. The number of thioether (sulfide) groups is 1. The maximum Gasteiger partial charge on any atom is 0.252 e. The Hall–Kier alpha value is -2.87. The second kappa shape index (κ2) is 7.51. The number of aromatic nitrogens is 4. The number of aryl methyl sites for hydroxylation is 3.